The largest absolute Gasteiger partial charge is 0.444 e. The number of nitrogens with zero attached hydrogens (tertiary/aromatic N) is 3. The number of carbonyl (C=O) groups excluding carboxylic acids is 3. The highest BCUT2D eigenvalue weighted by atomic mass is 16.6. The topological polar surface area (TPSA) is 79.8 Å². The van der Waals surface area contributed by atoms with Crippen molar-refractivity contribution in [3.63, 3.8) is 0 Å². The molecule has 0 aliphatic carbocycles. The number of piperidine rings is 1. The van der Waals surface area contributed by atoms with Gasteiger partial charge in [0.05, 0.1) is 12.5 Å². The highest BCUT2D eigenvalue weighted by Crippen LogP contribution is 2.25. The van der Waals surface area contributed by atoms with Crippen molar-refractivity contribution in [2.75, 3.05) is 13.1 Å². The molecule has 7 nitrogen and oxygen atoms in total. The normalized spacial score (nSPS) is 21.2. The van der Waals surface area contributed by atoms with Gasteiger partial charge in [0.25, 0.3) is 5.91 Å². The molecule has 3 amide bonds. The molecule has 0 N–H and O–H groups in total. The van der Waals surface area contributed by atoms with Gasteiger partial charge in [0.1, 0.15) is 11.3 Å². The van der Waals surface area contributed by atoms with E-state index in [9.17, 15) is 14.4 Å². The van der Waals surface area contributed by atoms with Gasteiger partial charge in [-0.05, 0) is 45.2 Å². The highest BCUT2D eigenvalue weighted by molar-refractivity contribution is 6.08. The lowest BCUT2D eigenvalue weighted by molar-refractivity contribution is -0.131. The minimum absolute atomic E-state index is 0.165. The fraction of sp³-hybridized carbons (Fsp3) is 0.556. The number of imide groups is 1. The molecule has 2 aliphatic heterocycles. The number of pyridine rings is 1. The second-order valence-corrected chi connectivity index (χ2v) is 7.48. The Labute approximate surface area is 147 Å². The molecule has 0 spiro atoms. The smallest absolute Gasteiger partial charge is 0.410 e. The van der Waals surface area contributed by atoms with Crippen LogP contribution >= 0.6 is 0 Å². The minimum Gasteiger partial charge on any atom is -0.444 e. The van der Waals surface area contributed by atoms with Crippen LogP contribution in [0.5, 0.6) is 0 Å². The van der Waals surface area contributed by atoms with E-state index < -0.39 is 11.7 Å². The van der Waals surface area contributed by atoms with Crippen molar-refractivity contribution in [1.82, 2.24) is 14.8 Å². The second-order valence-electron chi connectivity index (χ2n) is 7.48. The van der Waals surface area contributed by atoms with Crippen molar-refractivity contribution in [2.24, 2.45) is 0 Å². The summed E-state index contributed by atoms with van der Waals surface area (Å²) in [4.78, 5) is 44.6. The minimum atomic E-state index is -0.580. The summed E-state index contributed by atoms with van der Waals surface area (Å²) in [6, 6.07) is 3.14. The van der Waals surface area contributed by atoms with E-state index in [0.717, 1.165) is 6.42 Å². The van der Waals surface area contributed by atoms with E-state index >= 15 is 0 Å². The van der Waals surface area contributed by atoms with Crippen LogP contribution in [-0.2, 0) is 16.0 Å². The second kappa shape index (κ2) is 6.46. The number of ether oxygens (including phenoxy) is 1. The Kier molecular flexibility index (Phi) is 4.49. The third kappa shape index (κ3) is 3.65. The molecule has 0 radical (unpaired) electrons. The first-order valence-corrected chi connectivity index (χ1v) is 8.54. The molecule has 3 rings (SSSR count). The first-order chi connectivity index (χ1) is 11.8. The van der Waals surface area contributed by atoms with Crippen LogP contribution in [-0.4, -0.2) is 57.4 Å². The molecule has 7 heteroatoms. The third-order valence-corrected chi connectivity index (χ3v) is 4.34. The maximum Gasteiger partial charge on any atom is 0.410 e. The predicted molar refractivity (Wildman–Crippen MR) is 89.9 cm³/mol. The molecule has 0 bridgehead atoms. The quantitative estimate of drug-likeness (QED) is 0.728. The molecule has 25 heavy (non-hydrogen) atoms. The zero-order valence-corrected chi connectivity index (χ0v) is 14.8. The van der Waals surface area contributed by atoms with Crippen molar-refractivity contribution >= 4 is 17.9 Å². The average Bonchev–Trinajstić information content (AvgIpc) is 2.53. The number of fused-ring (bicyclic) bond motifs is 1. The van der Waals surface area contributed by atoms with Gasteiger partial charge in [-0.1, -0.05) is 6.07 Å². The number of hydrogen-bond donors (Lipinski definition) is 0. The van der Waals surface area contributed by atoms with Gasteiger partial charge < -0.3 is 9.64 Å². The molecule has 3 heterocycles. The van der Waals surface area contributed by atoms with Gasteiger partial charge in [-0.25, -0.2) is 4.79 Å². The Morgan fingerprint density at radius 2 is 2.08 bits per heavy atom. The first kappa shape index (κ1) is 17.4. The summed E-state index contributed by atoms with van der Waals surface area (Å²) in [6.45, 7) is 6.30. The van der Waals surface area contributed by atoms with Crippen LogP contribution in [0.25, 0.3) is 0 Å². The Hall–Kier alpha value is -2.44. The molecule has 0 saturated carbocycles. The van der Waals surface area contributed by atoms with Crippen molar-refractivity contribution in [3.05, 3.63) is 29.6 Å². The lowest BCUT2D eigenvalue weighted by Crippen LogP contribution is -2.56. The Morgan fingerprint density at radius 1 is 1.32 bits per heavy atom. The lowest BCUT2D eigenvalue weighted by Gasteiger charge is -2.39. The summed E-state index contributed by atoms with van der Waals surface area (Å²) in [5, 5.41) is 0. The zero-order chi connectivity index (χ0) is 18.2. The summed E-state index contributed by atoms with van der Waals surface area (Å²) >= 11 is 0. The summed E-state index contributed by atoms with van der Waals surface area (Å²) in [5.74, 6) is -0.607. The highest BCUT2D eigenvalue weighted by Gasteiger charge is 2.39. The van der Waals surface area contributed by atoms with Gasteiger partial charge in [0.2, 0.25) is 5.91 Å². The number of hydrogen-bond acceptors (Lipinski definition) is 5. The fourth-order valence-corrected chi connectivity index (χ4v) is 3.28. The number of rotatable bonds is 1. The van der Waals surface area contributed by atoms with Crippen molar-refractivity contribution in [3.8, 4) is 0 Å². The third-order valence-electron chi connectivity index (χ3n) is 4.34. The van der Waals surface area contributed by atoms with Crippen molar-refractivity contribution < 1.29 is 19.1 Å². The van der Waals surface area contributed by atoms with Gasteiger partial charge >= 0.3 is 6.09 Å². The number of carbonyl (C=O) groups is 3. The molecule has 1 aromatic heterocycles. The van der Waals surface area contributed by atoms with Gasteiger partial charge in [-0.15, -0.1) is 0 Å². The van der Waals surface area contributed by atoms with E-state index in [4.69, 9.17) is 4.74 Å². The molecular weight excluding hydrogens is 322 g/mol. The van der Waals surface area contributed by atoms with Crippen LogP contribution in [0.3, 0.4) is 0 Å². The summed E-state index contributed by atoms with van der Waals surface area (Å²) in [6.07, 6.45) is 2.71. The van der Waals surface area contributed by atoms with Crippen LogP contribution in [0.1, 0.15) is 49.7 Å². The van der Waals surface area contributed by atoms with E-state index in [2.05, 4.69) is 4.98 Å². The van der Waals surface area contributed by atoms with E-state index in [1.54, 1.807) is 23.2 Å². The number of amides is 3. The van der Waals surface area contributed by atoms with E-state index in [0.29, 0.717) is 30.8 Å². The SMILES string of the molecule is CC(C)(C)OC(=O)N1CCCC(N2C(=O)Cc3cccnc3C2=O)C1. The predicted octanol–water partition coefficient (Wildman–Crippen LogP) is 2.01. The van der Waals surface area contributed by atoms with E-state index in [-0.39, 0.29) is 24.3 Å². The van der Waals surface area contributed by atoms with Gasteiger partial charge in [-0.2, -0.15) is 0 Å². The Balaban J connectivity index is 1.76. The first-order valence-electron chi connectivity index (χ1n) is 8.54. The van der Waals surface area contributed by atoms with Gasteiger partial charge in [0, 0.05) is 19.3 Å². The number of likely N-dealkylation sites (tertiary alicyclic amines) is 1. The van der Waals surface area contributed by atoms with Crippen molar-refractivity contribution in [2.45, 2.75) is 51.7 Å². The molecule has 1 aromatic rings. The van der Waals surface area contributed by atoms with Crippen molar-refractivity contribution in [1.29, 1.82) is 0 Å². The molecule has 134 valence electrons. The molecule has 1 fully saturated rings. The van der Waals surface area contributed by atoms with Crippen LogP contribution in [0, 0.1) is 0 Å². The van der Waals surface area contributed by atoms with Crippen LogP contribution < -0.4 is 0 Å². The Morgan fingerprint density at radius 3 is 2.80 bits per heavy atom. The molecule has 2 aliphatic rings. The standard InChI is InChI=1S/C18H23N3O4/c1-18(2,3)25-17(24)20-9-5-7-13(11-20)21-14(22)10-12-6-4-8-19-15(12)16(21)23/h4,6,8,13H,5,7,9-11H2,1-3H3. The van der Waals surface area contributed by atoms with Gasteiger partial charge in [-0.3, -0.25) is 19.5 Å². The van der Waals surface area contributed by atoms with Crippen LogP contribution in [0.15, 0.2) is 18.3 Å². The Bertz CT molecular complexity index is 711. The van der Waals surface area contributed by atoms with E-state index in [1.807, 2.05) is 20.8 Å². The summed E-state index contributed by atoms with van der Waals surface area (Å²) in [7, 11) is 0. The molecule has 1 saturated heterocycles. The van der Waals surface area contributed by atoms with Gasteiger partial charge in [0.15, 0.2) is 0 Å². The fourth-order valence-electron chi connectivity index (χ4n) is 3.28. The van der Waals surface area contributed by atoms with Crippen LogP contribution in [0.4, 0.5) is 4.79 Å². The molecular formula is C18H23N3O4. The van der Waals surface area contributed by atoms with Crippen LogP contribution in [0.2, 0.25) is 0 Å². The maximum atomic E-state index is 12.7. The molecule has 0 aromatic carbocycles. The summed E-state index contributed by atoms with van der Waals surface area (Å²) in [5.41, 5.74) is 0.411. The average molecular weight is 345 g/mol. The maximum absolute atomic E-state index is 12.7. The summed E-state index contributed by atoms with van der Waals surface area (Å²) < 4.78 is 5.41. The molecule has 1 atom stereocenters. The zero-order valence-electron chi connectivity index (χ0n) is 14.8. The lowest BCUT2D eigenvalue weighted by atomic mass is 9.98. The monoisotopic (exact) mass is 345 g/mol. The van der Waals surface area contributed by atoms with E-state index in [1.165, 1.54) is 4.90 Å². The number of aromatic nitrogens is 1. The molecule has 1 unspecified atom stereocenters.